The Balaban J connectivity index is 1.69. The van der Waals surface area contributed by atoms with Crippen molar-refractivity contribution in [2.75, 3.05) is 0 Å². The predicted octanol–water partition coefficient (Wildman–Crippen LogP) is 2.30. The molecule has 2 aromatic heterocycles. The monoisotopic (exact) mass is 316 g/mol. The standard InChI is InChI=1S/C15H12N2O4S/c18-22(19)20-14-9-11-17-13(15(14)21-22)8-3-1-2-6-12-7-4-5-10-16-12/h1-5,7-11H,6H2/b2-1+,8-3+. The van der Waals surface area contributed by atoms with Crippen molar-refractivity contribution in [1.82, 2.24) is 9.97 Å². The van der Waals surface area contributed by atoms with Gasteiger partial charge in [0.05, 0.1) is 0 Å². The molecule has 2 aromatic rings. The topological polar surface area (TPSA) is 78.4 Å². The molecule has 0 spiro atoms. The SMILES string of the molecule is O=S1(=O)Oc2ccnc(/C=C/C=C/Cc3ccccn3)c2O1. The van der Waals surface area contributed by atoms with Gasteiger partial charge in [-0.15, -0.1) is 8.42 Å². The molecule has 1 aliphatic heterocycles. The zero-order valence-electron chi connectivity index (χ0n) is 11.4. The highest BCUT2D eigenvalue weighted by Gasteiger charge is 2.30. The molecule has 0 bridgehead atoms. The highest BCUT2D eigenvalue weighted by atomic mass is 32.3. The maximum Gasteiger partial charge on any atom is 0.501 e. The summed E-state index contributed by atoms with van der Waals surface area (Å²) >= 11 is 0. The summed E-state index contributed by atoms with van der Waals surface area (Å²) in [5.41, 5.74) is 1.36. The molecular weight excluding hydrogens is 304 g/mol. The van der Waals surface area contributed by atoms with E-state index in [-0.39, 0.29) is 11.5 Å². The van der Waals surface area contributed by atoms with Crippen molar-refractivity contribution in [3.8, 4) is 11.5 Å². The highest BCUT2D eigenvalue weighted by Crippen LogP contribution is 2.37. The van der Waals surface area contributed by atoms with E-state index < -0.39 is 10.4 Å². The Morgan fingerprint density at radius 2 is 1.95 bits per heavy atom. The lowest BCUT2D eigenvalue weighted by molar-refractivity contribution is 0.436. The van der Waals surface area contributed by atoms with Gasteiger partial charge in [-0.25, -0.2) is 0 Å². The summed E-state index contributed by atoms with van der Waals surface area (Å²) in [4.78, 5) is 8.28. The van der Waals surface area contributed by atoms with Crippen LogP contribution in [0.25, 0.3) is 6.08 Å². The van der Waals surface area contributed by atoms with Crippen molar-refractivity contribution in [2.24, 2.45) is 0 Å². The minimum absolute atomic E-state index is 0.108. The van der Waals surface area contributed by atoms with E-state index in [1.165, 1.54) is 12.3 Å². The van der Waals surface area contributed by atoms with Crippen LogP contribution in [0.4, 0.5) is 0 Å². The average molecular weight is 316 g/mol. The highest BCUT2D eigenvalue weighted by molar-refractivity contribution is 7.82. The van der Waals surface area contributed by atoms with E-state index in [2.05, 4.69) is 14.2 Å². The number of rotatable bonds is 4. The van der Waals surface area contributed by atoms with Crippen molar-refractivity contribution in [3.63, 3.8) is 0 Å². The third kappa shape index (κ3) is 3.32. The third-order valence-electron chi connectivity index (χ3n) is 2.83. The number of fused-ring (bicyclic) bond motifs is 1. The van der Waals surface area contributed by atoms with Gasteiger partial charge < -0.3 is 8.37 Å². The number of allylic oxidation sites excluding steroid dienone is 3. The minimum atomic E-state index is -4.00. The molecule has 1 aliphatic rings. The van der Waals surface area contributed by atoms with E-state index >= 15 is 0 Å². The second-order valence-electron chi connectivity index (χ2n) is 4.41. The fourth-order valence-electron chi connectivity index (χ4n) is 1.88. The maximum absolute atomic E-state index is 11.3. The lowest BCUT2D eigenvalue weighted by Crippen LogP contribution is -2.08. The van der Waals surface area contributed by atoms with E-state index in [1.807, 2.05) is 30.4 Å². The first-order valence-corrected chi connectivity index (χ1v) is 7.83. The molecule has 0 aliphatic carbocycles. The lowest BCUT2D eigenvalue weighted by atomic mass is 10.2. The second kappa shape index (κ2) is 5.98. The zero-order valence-corrected chi connectivity index (χ0v) is 12.2. The number of nitrogens with zero attached hydrogens (tertiary/aromatic N) is 2. The number of hydrogen-bond donors (Lipinski definition) is 0. The molecule has 0 radical (unpaired) electrons. The Bertz CT molecular complexity index is 830. The fraction of sp³-hybridized carbons (Fsp3) is 0.0667. The molecule has 0 fully saturated rings. The minimum Gasteiger partial charge on any atom is -0.349 e. The van der Waals surface area contributed by atoms with Crippen molar-refractivity contribution in [2.45, 2.75) is 6.42 Å². The summed E-state index contributed by atoms with van der Waals surface area (Å²) in [5, 5.41) is 0. The first-order chi connectivity index (χ1) is 10.6. The molecule has 3 rings (SSSR count). The molecule has 0 atom stereocenters. The van der Waals surface area contributed by atoms with Crippen molar-refractivity contribution < 1.29 is 16.8 Å². The summed E-state index contributed by atoms with van der Waals surface area (Å²) in [5.74, 6) is 0.254. The van der Waals surface area contributed by atoms with Gasteiger partial charge in [-0.05, 0) is 18.2 Å². The Hall–Kier alpha value is -2.67. The Labute approximate surface area is 128 Å². The Kier molecular flexibility index (Phi) is 3.88. The average Bonchev–Trinajstić information content (AvgIpc) is 2.82. The van der Waals surface area contributed by atoms with Gasteiger partial charge in [0, 0.05) is 30.6 Å². The van der Waals surface area contributed by atoms with Crippen LogP contribution in [-0.4, -0.2) is 18.4 Å². The van der Waals surface area contributed by atoms with Gasteiger partial charge in [-0.3, -0.25) is 9.97 Å². The Morgan fingerprint density at radius 1 is 1.05 bits per heavy atom. The van der Waals surface area contributed by atoms with Crippen LogP contribution in [0.1, 0.15) is 11.4 Å². The summed E-state index contributed by atoms with van der Waals surface area (Å²) < 4.78 is 31.9. The second-order valence-corrected chi connectivity index (χ2v) is 5.56. The van der Waals surface area contributed by atoms with Gasteiger partial charge in [0.15, 0.2) is 5.75 Å². The molecule has 112 valence electrons. The van der Waals surface area contributed by atoms with Gasteiger partial charge in [0.25, 0.3) is 0 Å². The van der Waals surface area contributed by atoms with Crippen LogP contribution >= 0.6 is 0 Å². The summed E-state index contributed by atoms with van der Waals surface area (Å²) in [7, 11) is -4.00. The van der Waals surface area contributed by atoms with Crippen LogP contribution in [0.3, 0.4) is 0 Å². The first kappa shape index (κ1) is 14.3. The van der Waals surface area contributed by atoms with Crippen LogP contribution < -0.4 is 8.37 Å². The quantitative estimate of drug-likeness (QED) is 0.805. The van der Waals surface area contributed by atoms with Crippen LogP contribution in [-0.2, 0) is 16.8 Å². The van der Waals surface area contributed by atoms with Crippen LogP contribution in [0, 0.1) is 0 Å². The molecule has 3 heterocycles. The number of aromatic nitrogens is 2. The fourth-order valence-corrected chi connectivity index (χ4v) is 2.63. The Morgan fingerprint density at radius 3 is 2.77 bits per heavy atom. The van der Waals surface area contributed by atoms with Crippen molar-refractivity contribution in [1.29, 1.82) is 0 Å². The smallest absolute Gasteiger partial charge is 0.349 e. The van der Waals surface area contributed by atoms with Crippen molar-refractivity contribution >= 4 is 16.5 Å². The molecule has 0 amide bonds. The largest absolute Gasteiger partial charge is 0.501 e. The molecular formula is C15H12N2O4S. The zero-order chi connectivity index (χ0) is 15.4. The first-order valence-electron chi connectivity index (χ1n) is 6.50. The summed E-state index contributed by atoms with van der Waals surface area (Å²) in [6, 6.07) is 7.18. The van der Waals surface area contributed by atoms with E-state index in [0.717, 1.165) is 5.69 Å². The molecule has 0 N–H and O–H groups in total. The van der Waals surface area contributed by atoms with Gasteiger partial charge in [-0.1, -0.05) is 24.3 Å². The molecule has 7 heteroatoms. The van der Waals surface area contributed by atoms with Crippen molar-refractivity contribution in [3.05, 3.63) is 66.3 Å². The number of pyridine rings is 2. The van der Waals surface area contributed by atoms with E-state index in [9.17, 15) is 8.42 Å². The van der Waals surface area contributed by atoms with Gasteiger partial charge in [0.1, 0.15) is 5.69 Å². The van der Waals surface area contributed by atoms with Gasteiger partial charge in [-0.2, -0.15) is 0 Å². The molecule has 22 heavy (non-hydrogen) atoms. The van der Waals surface area contributed by atoms with E-state index in [1.54, 1.807) is 18.3 Å². The van der Waals surface area contributed by atoms with Gasteiger partial charge in [0.2, 0.25) is 5.75 Å². The van der Waals surface area contributed by atoms with E-state index in [4.69, 9.17) is 4.18 Å². The predicted molar refractivity (Wildman–Crippen MR) is 80.5 cm³/mol. The molecule has 0 saturated carbocycles. The summed E-state index contributed by atoms with van der Waals surface area (Å²) in [6.45, 7) is 0. The molecule has 0 saturated heterocycles. The van der Waals surface area contributed by atoms with E-state index in [0.29, 0.717) is 12.1 Å². The maximum atomic E-state index is 11.3. The van der Waals surface area contributed by atoms with Crippen LogP contribution in [0.2, 0.25) is 0 Å². The summed E-state index contributed by atoms with van der Waals surface area (Å²) in [6.07, 6.45) is 11.1. The van der Waals surface area contributed by atoms with Gasteiger partial charge >= 0.3 is 10.4 Å². The molecule has 0 unspecified atom stereocenters. The van der Waals surface area contributed by atoms with Crippen LogP contribution in [0.15, 0.2) is 54.9 Å². The third-order valence-corrected chi connectivity index (χ3v) is 3.58. The number of hydrogen-bond acceptors (Lipinski definition) is 6. The lowest BCUT2D eigenvalue weighted by Gasteiger charge is -1.96. The molecule has 0 aromatic carbocycles. The van der Waals surface area contributed by atoms with Crippen LogP contribution in [0.5, 0.6) is 11.5 Å². The normalized spacial score (nSPS) is 15.6. The molecule has 6 nitrogen and oxygen atoms in total.